The van der Waals surface area contributed by atoms with Crippen molar-refractivity contribution in [3.63, 3.8) is 0 Å². The van der Waals surface area contributed by atoms with Crippen LogP contribution in [0.25, 0.3) is 0 Å². The Morgan fingerprint density at radius 2 is 1.90 bits per heavy atom. The standard InChI is InChI=1S/C18H25N3O6.CH2O2/c1-19-5-4-13(22)11(10-19)17(25)20-6-3-12-16(18(26)27-2)14(23)9-15(24)21(12)8-7-20;2-1-3/h9,11,13,22-23H,3-8,10H2,1-2H3;1H,(H,2,3)/t11-,13+;/m1./s1. The highest BCUT2D eigenvalue weighted by atomic mass is 16.5. The van der Waals surface area contributed by atoms with Crippen LogP contribution in [0.4, 0.5) is 0 Å². The first-order valence-electron chi connectivity index (χ1n) is 9.52. The lowest BCUT2D eigenvalue weighted by Gasteiger charge is -2.35. The largest absolute Gasteiger partial charge is 0.507 e. The summed E-state index contributed by atoms with van der Waals surface area (Å²) in [5.74, 6) is -1.79. The molecule has 0 spiro atoms. The first kappa shape index (κ1) is 23.4. The molecule has 11 nitrogen and oxygen atoms in total. The molecule has 1 saturated heterocycles. The lowest BCUT2D eigenvalue weighted by molar-refractivity contribution is -0.142. The van der Waals surface area contributed by atoms with Crippen molar-refractivity contribution in [2.24, 2.45) is 5.92 Å². The number of methoxy groups -OCH3 is 1. The van der Waals surface area contributed by atoms with Crippen LogP contribution in [-0.4, -0.2) is 94.5 Å². The van der Waals surface area contributed by atoms with E-state index in [1.807, 2.05) is 11.9 Å². The molecule has 0 radical (unpaired) electrons. The normalized spacial score (nSPS) is 21.5. The van der Waals surface area contributed by atoms with Gasteiger partial charge in [0.15, 0.2) is 0 Å². The fourth-order valence-electron chi connectivity index (χ4n) is 3.89. The van der Waals surface area contributed by atoms with Gasteiger partial charge in [-0.2, -0.15) is 0 Å². The molecule has 3 rings (SSSR count). The zero-order valence-corrected chi connectivity index (χ0v) is 17.0. The molecule has 1 aromatic heterocycles. The van der Waals surface area contributed by atoms with E-state index in [4.69, 9.17) is 14.6 Å². The average Bonchev–Trinajstić information content (AvgIpc) is 2.93. The van der Waals surface area contributed by atoms with E-state index in [2.05, 4.69) is 0 Å². The van der Waals surface area contributed by atoms with Crippen molar-refractivity contribution in [1.29, 1.82) is 0 Å². The Kier molecular flexibility index (Phi) is 7.95. The van der Waals surface area contributed by atoms with Gasteiger partial charge in [-0.25, -0.2) is 4.79 Å². The van der Waals surface area contributed by atoms with E-state index < -0.39 is 29.3 Å². The van der Waals surface area contributed by atoms with Gasteiger partial charge in [0, 0.05) is 50.9 Å². The number of pyridine rings is 1. The van der Waals surface area contributed by atoms with Crippen molar-refractivity contribution in [2.45, 2.75) is 25.5 Å². The molecular weight excluding hydrogens is 398 g/mol. The van der Waals surface area contributed by atoms with Crippen LogP contribution in [0, 0.1) is 5.92 Å². The summed E-state index contributed by atoms with van der Waals surface area (Å²) in [5.41, 5.74) is -0.103. The van der Waals surface area contributed by atoms with Gasteiger partial charge in [-0.1, -0.05) is 0 Å². The van der Waals surface area contributed by atoms with Crippen LogP contribution in [0.2, 0.25) is 0 Å². The molecule has 3 N–H and O–H groups in total. The number of likely N-dealkylation sites (tertiary alicyclic amines) is 1. The van der Waals surface area contributed by atoms with Crippen molar-refractivity contribution in [2.75, 3.05) is 40.3 Å². The van der Waals surface area contributed by atoms with Crippen LogP contribution in [-0.2, 0) is 27.3 Å². The van der Waals surface area contributed by atoms with Crippen LogP contribution >= 0.6 is 0 Å². The minimum atomic E-state index is -0.722. The molecule has 1 amide bonds. The van der Waals surface area contributed by atoms with E-state index in [0.717, 1.165) is 12.6 Å². The van der Waals surface area contributed by atoms with E-state index in [9.17, 15) is 24.6 Å². The zero-order valence-electron chi connectivity index (χ0n) is 17.0. The first-order valence-corrected chi connectivity index (χ1v) is 9.52. The molecule has 2 atom stereocenters. The molecule has 2 aliphatic heterocycles. The molecule has 0 unspecified atom stereocenters. The van der Waals surface area contributed by atoms with Crippen molar-refractivity contribution in [3.8, 4) is 5.75 Å². The Bertz CT molecular complexity index is 853. The van der Waals surface area contributed by atoms with E-state index in [1.54, 1.807) is 4.90 Å². The molecule has 0 saturated carbocycles. The number of aliphatic hydroxyl groups excluding tert-OH is 1. The molecule has 2 aliphatic rings. The predicted molar refractivity (Wildman–Crippen MR) is 104 cm³/mol. The van der Waals surface area contributed by atoms with Gasteiger partial charge in [-0.3, -0.25) is 14.4 Å². The predicted octanol–water partition coefficient (Wildman–Crippen LogP) is -1.26. The second-order valence-corrected chi connectivity index (χ2v) is 7.24. The van der Waals surface area contributed by atoms with Gasteiger partial charge in [-0.05, 0) is 13.5 Å². The van der Waals surface area contributed by atoms with Gasteiger partial charge in [0.25, 0.3) is 12.0 Å². The number of hydrogen-bond acceptors (Lipinski definition) is 8. The average molecular weight is 425 g/mol. The molecular formula is C19H27N3O8. The number of aromatic nitrogens is 1. The fourth-order valence-corrected chi connectivity index (χ4v) is 3.89. The van der Waals surface area contributed by atoms with Crippen molar-refractivity contribution < 1.29 is 34.4 Å². The first-order chi connectivity index (χ1) is 14.2. The molecule has 30 heavy (non-hydrogen) atoms. The number of aromatic hydroxyl groups is 1. The van der Waals surface area contributed by atoms with E-state index in [0.29, 0.717) is 31.7 Å². The number of piperidine rings is 1. The van der Waals surface area contributed by atoms with Gasteiger partial charge in [0.2, 0.25) is 5.91 Å². The van der Waals surface area contributed by atoms with E-state index in [-0.39, 0.29) is 30.9 Å². The highest BCUT2D eigenvalue weighted by Gasteiger charge is 2.35. The quantitative estimate of drug-likeness (QED) is 0.390. The number of carbonyl (C=O) groups excluding carboxylic acids is 2. The summed E-state index contributed by atoms with van der Waals surface area (Å²) in [6.07, 6.45) is 0.0935. The molecule has 0 aromatic carbocycles. The number of carboxylic acid groups (broad SMARTS) is 1. The van der Waals surface area contributed by atoms with E-state index >= 15 is 0 Å². The van der Waals surface area contributed by atoms with Crippen LogP contribution in [0.1, 0.15) is 22.5 Å². The van der Waals surface area contributed by atoms with Gasteiger partial charge in [0.05, 0.1) is 19.1 Å². The summed E-state index contributed by atoms with van der Waals surface area (Å²) in [5, 5.41) is 27.2. The third-order valence-corrected chi connectivity index (χ3v) is 5.41. The molecule has 1 fully saturated rings. The maximum Gasteiger partial charge on any atom is 0.343 e. The summed E-state index contributed by atoms with van der Waals surface area (Å²) in [7, 11) is 3.12. The highest BCUT2D eigenvalue weighted by Crippen LogP contribution is 2.24. The van der Waals surface area contributed by atoms with Crippen molar-refractivity contribution in [3.05, 3.63) is 27.7 Å². The van der Waals surface area contributed by atoms with Gasteiger partial charge >= 0.3 is 5.97 Å². The number of nitrogens with zero attached hydrogens (tertiary/aromatic N) is 3. The summed E-state index contributed by atoms with van der Waals surface area (Å²) < 4.78 is 6.13. The second kappa shape index (κ2) is 10.2. The number of aliphatic hydroxyl groups is 1. The molecule has 0 bridgehead atoms. The molecule has 11 heteroatoms. The number of esters is 1. The number of amides is 1. The Labute approximate surface area is 173 Å². The molecule has 3 heterocycles. The summed E-state index contributed by atoms with van der Waals surface area (Å²) in [6, 6.07) is 0.993. The summed E-state index contributed by atoms with van der Waals surface area (Å²) in [6.45, 7) is 1.77. The third-order valence-electron chi connectivity index (χ3n) is 5.41. The topological polar surface area (TPSA) is 150 Å². The van der Waals surface area contributed by atoms with Crippen LogP contribution < -0.4 is 5.56 Å². The zero-order chi connectivity index (χ0) is 22.4. The van der Waals surface area contributed by atoms with Gasteiger partial charge in [0.1, 0.15) is 11.3 Å². The molecule has 166 valence electrons. The van der Waals surface area contributed by atoms with Crippen LogP contribution in [0.5, 0.6) is 5.75 Å². The van der Waals surface area contributed by atoms with Crippen molar-refractivity contribution >= 4 is 18.3 Å². The fraction of sp³-hybridized carbons (Fsp3) is 0.579. The van der Waals surface area contributed by atoms with Crippen LogP contribution in [0.15, 0.2) is 10.9 Å². The Morgan fingerprint density at radius 3 is 2.53 bits per heavy atom. The summed E-state index contributed by atoms with van der Waals surface area (Å²) >= 11 is 0. The maximum absolute atomic E-state index is 13.0. The Balaban J connectivity index is 0.00000101. The minimum absolute atomic E-state index is 0.0381. The lowest BCUT2D eigenvalue weighted by Crippen LogP contribution is -2.50. The summed E-state index contributed by atoms with van der Waals surface area (Å²) in [4.78, 5) is 49.3. The van der Waals surface area contributed by atoms with Crippen LogP contribution in [0.3, 0.4) is 0 Å². The number of fused-ring (bicyclic) bond motifs is 1. The SMILES string of the molecule is COC(=O)c1c(O)cc(=O)n2c1CCN(C(=O)[C@@H]1CN(C)CC[C@@H]1O)CC2.O=CO. The number of rotatable bonds is 2. The van der Waals surface area contributed by atoms with E-state index in [1.165, 1.54) is 11.7 Å². The van der Waals surface area contributed by atoms with Gasteiger partial charge < -0.3 is 34.4 Å². The number of hydrogen-bond donors (Lipinski definition) is 3. The number of ether oxygens (including phenoxy) is 1. The molecule has 0 aliphatic carbocycles. The third kappa shape index (κ3) is 4.97. The second-order valence-electron chi connectivity index (χ2n) is 7.24. The minimum Gasteiger partial charge on any atom is -0.507 e. The van der Waals surface area contributed by atoms with Gasteiger partial charge in [-0.15, -0.1) is 0 Å². The smallest absolute Gasteiger partial charge is 0.343 e. The van der Waals surface area contributed by atoms with Crippen molar-refractivity contribution in [1.82, 2.24) is 14.4 Å². The monoisotopic (exact) mass is 425 g/mol. The Hall–Kier alpha value is -2.92. The number of carbonyl (C=O) groups is 3. The molecule has 1 aromatic rings. The Morgan fingerprint density at radius 1 is 1.23 bits per heavy atom. The maximum atomic E-state index is 13.0. The lowest BCUT2D eigenvalue weighted by atomic mass is 9.93. The highest BCUT2D eigenvalue weighted by molar-refractivity contribution is 5.93.